The van der Waals surface area contributed by atoms with Crippen molar-refractivity contribution in [1.82, 2.24) is 0 Å². The molecule has 2 aromatic rings. The van der Waals surface area contributed by atoms with E-state index in [9.17, 15) is 9.90 Å². The van der Waals surface area contributed by atoms with Gasteiger partial charge in [-0.05, 0) is 36.4 Å². The maximum Gasteiger partial charge on any atom is 0.336 e. The molecule has 0 radical (unpaired) electrons. The minimum Gasteiger partial charge on any atom is -0.497 e. The lowest BCUT2D eigenvalue weighted by molar-refractivity contribution is 0.0693. The Balaban J connectivity index is 2.34. The Morgan fingerprint density at radius 1 is 1.26 bits per heavy atom. The lowest BCUT2D eigenvalue weighted by atomic mass is 10.2. The molecule has 0 amide bonds. The van der Waals surface area contributed by atoms with Gasteiger partial charge in [0.1, 0.15) is 5.75 Å². The molecule has 0 atom stereocenters. The van der Waals surface area contributed by atoms with Crippen molar-refractivity contribution in [1.29, 1.82) is 0 Å². The summed E-state index contributed by atoms with van der Waals surface area (Å²) in [6, 6.07) is 12.7. The molecule has 0 unspecified atom stereocenters. The van der Waals surface area contributed by atoms with E-state index in [1.54, 1.807) is 19.2 Å². The molecule has 19 heavy (non-hydrogen) atoms. The van der Waals surface area contributed by atoms with Gasteiger partial charge >= 0.3 is 5.97 Å². The number of carboxylic acids is 1. The number of rotatable bonds is 4. The predicted molar refractivity (Wildman–Crippen MR) is 78.2 cm³/mol. The van der Waals surface area contributed by atoms with Gasteiger partial charge in [0.05, 0.1) is 12.7 Å². The van der Waals surface area contributed by atoms with Crippen LogP contribution in [0.25, 0.3) is 0 Å². The minimum absolute atomic E-state index is 0.280. The highest BCUT2D eigenvalue weighted by molar-refractivity contribution is 9.10. The summed E-state index contributed by atoms with van der Waals surface area (Å²) in [4.78, 5) is 12.9. The van der Waals surface area contributed by atoms with Crippen molar-refractivity contribution in [2.24, 2.45) is 0 Å². The highest BCUT2D eigenvalue weighted by Crippen LogP contribution is 2.33. The Kier molecular flexibility index (Phi) is 4.50. The van der Waals surface area contributed by atoms with Crippen molar-refractivity contribution in [3.63, 3.8) is 0 Å². The maximum absolute atomic E-state index is 11.2. The standard InChI is InChI=1S/C14H11BrO3S/c1-18-10-3-2-4-11(8-10)19-13-6-5-9(15)7-12(13)14(16)17/h2-8H,1H3,(H,16,17). The molecule has 0 aliphatic carbocycles. The number of aromatic carboxylic acids is 1. The molecule has 0 fully saturated rings. The molecule has 0 aliphatic heterocycles. The van der Waals surface area contributed by atoms with Crippen LogP contribution in [0.5, 0.6) is 5.75 Å². The topological polar surface area (TPSA) is 46.5 Å². The lowest BCUT2D eigenvalue weighted by Gasteiger charge is -2.07. The fourth-order valence-electron chi connectivity index (χ4n) is 1.55. The van der Waals surface area contributed by atoms with Crippen LogP contribution in [0.3, 0.4) is 0 Å². The number of carboxylic acid groups (broad SMARTS) is 1. The van der Waals surface area contributed by atoms with Gasteiger partial charge in [-0.2, -0.15) is 0 Å². The summed E-state index contributed by atoms with van der Waals surface area (Å²) < 4.78 is 5.90. The number of hydrogen-bond acceptors (Lipinski definition) is 3. The number of benzene rings is 2. The molecular formula is C14H11BrO3S. The van der Waals surface area contributed by atoms with Crippen LogP contribution in [0.15, 0.2) is 56.7 Å². The second kappa shape index (κ2) is 6.12. The quantitative estimate of drug-likeness (QED) is 0.902. The minimum atomic E-state index is -0.938. The van der Waals surface area contributed by atoms with E-state index < -0.39 is 5.97 Å². The van der Waals surface area contributed by atoms with Gasteiger partial charge in [0.25, 0.3) is 0 Å². The molecule has 0 saturated heterocycles. The van der Waals surface area contributed by atoms with Crippen molar-refractivity contribution >= 4 is 33.7 Å². The molecule has 3 nitrogen and oxygen atoms in total. The average Bonchev–Trinajstić information content (AvgIpc) is 2.41. The number of ether oxygens (including phenoxy) is 1. The van der Waals surface area contributed by atoms with Crippen molar-refractivity contribution in [2.75, 3.05) is 7.11 Å². The van der Waals surface area contributed by atoms with Gasteiger partial charge in [0.15, 0.2) is 0 Å². The second-order valence-corrected chi connectivity index (χ2v) is 5.76. The van der Waals surface area contributed by atoms with E-state index in [0.717, 1.165) is 15.1 Å². The van der Waals surface area contributed by atoms with Gasteiger partial charge in [-0.1, -0.05) is 33.8 Å². The van der Waals surface area contributed by atoms with Crippen LogP contribution >= 0.6 is 27.7 Å². The molecule has 2 rings (SSSR count). The van der Waals surface area contributed by atoms with Gasteiger partial charge in [0.2, 0.25) is 0 Å². The predicted octanol–water partition coefficient (Wildman–Crippen LogP) is 4.31. The van der Waals surface area contributed by atoms with Crippen molar-refractivity contribution < 1.29 is 14.6 Å². The second-order valence-electron chi connectivity index (χ2n) is 3.73. The molecular weight excluding hydrogens is 328 g/mol. The normalized spacial score (nSPS) is 10.2. The van der Waals surface area contributed by atoms with E-state index in [4.69, 9.17) is 4.74 Å². The van der Waals surface area contributed by atoms with E-state index in [1.165, 1.54) is 11.8 Å². The largest absolute Gasteiger partial charge is 0.497 e. The molecule has 0 heterocycles. The Hall–Kier alpha value is -1.46. The Morgan fingerprint density at radius 2 is 2.05 bits per heavy atom. The Labute approximate surface area is 123 Å². The summed E-state index contributed by atoms with van der Waals surface area (Å²) in [7, 11) is 1.60. The molecule has 1 N–H and O–H groups in total. The summed E-state index contributed by atoms with van der Waals surface area (Å²) in [6.45, 7) is 0. The van der Waals surface area contributed by atoms with Gasteiger partial charge in [-0.3, -0.25) is 0 Å². The van der Waals surface area contributed by atoms with Crippen molar-refractivity contribution in [2.45, 2.75) is 9.79 Å². The Bertz CT molecular complexity index is 613. The summed E-state index contributed by atoms with van der Waals surface area (Å²) in [5.74, 6) is -0.189. The monoisotopic (exact) mass is 338 g/mol. The third-order valence-corrected chi connectivity index (χ3v) is 4.00. The first kappa shape index (κ1) is 14.0. The van der Waals surface area contributed by atoms with Crippen LogP contribution < -0.4 is 4.74 Å². The molecule has 5 heteroatoms. The number of hydrogen-bond donors (Lipinski definition) is 1. The highest BCUT2D eigenvalue weighted by Gasteiger charge is 2.12. The smallest absolute Gasteiger partial charge is 0.336 e. The maximum atomic E-state index is 11.2. The number of methoxy groups -OCH3 is 1. The molecule has 0 aromatic heterocycles. The molecule has 98 valence electrons. The van der Waals surface area contributed by atoms with Gasteiger partial charge in [0, 0.05) is 14.3 Å². The van der Waals surface area contributed by atoms with Crippen molar-refractivity contribution in [3.8, 4) is 5.75 Å². The molecule has 0 aliphatic rings. The van der Waals surface area contributed by atoms with E-state index in [1.807, 2.05) is 30.3 Å². The van der Waals surface area contributed by atoms with Crippen LogP contribution in [-0.2, 0) is 0 Å². The van der Waals surface area contributed by atoms with Crippen LogP contribution in [0.2, 0.25) is 0 Å². The fraction of sp³-hybridized carbons (Fsp3) is 0.0714. The molecule has 0 bridgehead atoms. The molecule has 0 spiro atoms. The van der Waals surface area contributed by atoms with Crippen LogP contribution in [0.4, 0.5) is 0 Å². The third kappa shape index (κ3) is 3.52. The summed E-state index contributed by atoms with van der Waals surface area (Å²) in [5.41, 5.74) is 0.280. The van der Waals surface area contributed by atoms with E-state index in [-0.39, 0.29) is 5.56 Å². The Morgan fingerprint density at radius 3 is 2.74 bits per heavy atom. The zero-order valence-corrected chi connectivity index (χ0v) is 12.5. The van der Waals surface area contributed by atoms with E-state index >= 15 is 0 Å². The van der Waals surface area contributed by atoms with Gasteiger partial charge in [-0.15, -0.1) is 0 Å². The van der Waals surface area contributed by atoms with Crippen molar-refractivity contribution in [3.05, 3.63) is 52.5 Å². The van der Waals surface area contributed by atoms with Crippen LogP contribution in [0, 0.1) is 0 Å². The SMILES string of the molecule is COc1cccc(Sc2ccc(Br)cc2C(=O)O)c1. The third-order valence-electron chi connectivity index (χ3n) is 2.44. The average molecular weight is 339 g/mol. The first-order valence-electron chi connectivity index (χ1n) is 5.45. The fourth-order valence-corrected chi connectivity index (χ4v) is 2.88. The number of carbonyl (C=O) groups is 1. The lowest BCUT2D eigenvalue weighted by Crippen LogP contribution is -1.98. The van der Waals surface area contributed by atoms with Crippen LogP contribution in [-0.4, -0.2) is 18.2 Å². The van der Waals surface area contributed by atoms with E-state index in [0.29, 0.717) is 4.90 Å². The molecule has 2 aromatic carbocycles. The molecule has 0 saturated carbocycles. The summed E-state index contributed by atoms with van der Waals surface area (Å²) in [5, 5.41) is 9.21. The zero-order chi connectivity index (χ0) is 13.8. The van der Waals surface area contributed by atoms with Gasteiger partial charge in [-0.25, -0.2) is 4.79 Å². The first-order chi connectivity index (χ1) is 9.10. The first-order valence-corrected chi connectivity index (χ1v) is 7.06. The summed E-state index contributed by atoms with van der Waals surface area (Å²) in [6.07, 6.45) is 0. The van der Waals surface area contributed by atoms with Crippen LogP contribution in [0.1, 0.15) is 10.4 Å². The summed E-state index contributed by atoms with van der Waals surface area (Å²) >= 11 is 4.68. The zero-order valence-electron chi connectivity index (χ0n) is 10.1. The van der Waals surface area contributed by atoms with Gasteiger partial charge < -0.3 is 9.84 Å². The highest BCUT2D eigenvalue weighted by atomic mass is 79.9. The van der Waals surface area contributed by atoms with E-state index in [2.05, 4.69) is 15.9 Å². The number of halogens is 1.